The Morgan fingerprint density at radius 2 is 1.95 bits per heavy atom. The van der Waals surface area contributed by atoms with Crippen molar-refractivity contribution in [2.24, 2.45) is 0 Å². The molecule has 1 saturated heterocycles. The van der Waals surface area contributed by atoms with Gasteiger partial charge in [0.15, 0.2) is 0 Å². The lowest BCUT2D eigenvalue weighted by Crippen LogP contribution is -2.52. The summed E-state index contributed by atoms with van der Waals surface area (Å²) in [6.07, 6.45) is 0.531. The average molecular weight is 284 g/mol. The number of hydrogen-bond donors (Lipinski definition) is 1. The number of anilines is 1. The summed E-state index contributed by atoms with van der Waals surface area (Å²) in [6.45, 7) is 3.87. The predicted molar refractivity (Wildman–Crippen MR) is 71.9 cm³/mol. The van der Waals surface area contributed by atoms with Crippen LogP contribution >= 0.6 is 0 Å². The highest BCUT2D eigenvalue weighted by atomic mass is 19.1. The minimum absolute atomic E-state index is 0.244. The SMILES string of the molecule is CC[C@@H](C(=O)O)N1CCN(c2cc(F)ccc2F)CC1. The summed E-state index contributed by atoms with van der Waals surface area (Å²) >= 11 is 0. The molecule has 1 N–H and O–H groups in total. The molecule has 1 aromatic carbocycles. The fraction of sp³-hybridized carbons (Fsp3) is 0.500. The van der Waals surface area contributed by atoms with Gasteiger partial charge in [0.2, 0.25) is 0 Å². The zero-order valence-corrected chi connectivity index (χ0v) is 11.4. The molecule has 0 aromatic heterocycles. The van der Waals surface area contributed by atoms with Gasteiger partial charge in [-0.25, -0.2) is 8.78 Å². The molecule has 0 amide bonds. The summed E-state index contributed by atoms with van der Waals surface area (Å²) < 4.78 is 26.9. The van der Waals surface area contributed by atoms with Gasteiger partial charge in [-0.1, -0.05) is 6.92 Å². The highest BCUT2D eigenvalue weighted by Gasteiger charge is 2.28. The lowest BCUT2D eigenvalue weighted by atomic mass is 10.1. The molecule has 1 aliphatic rings. The van der Waals surface area contributed by atoms with E-state index in [0.717, 1.165) is 12.1 Å². The first-order valence-electron chi connectivity index (χ1n) is 6.69. The predicted octanol–water partition coefficient (Wildman–Crippen LogP) is 1.95. The van der Waals surface area contributed by atoms with Gasteiger partial charge in [-0.3, -0.25) is 9.69 Å². The van der Waals surface area contributed by atoms with Crippen LogP contribution in [0.2, 0.25) is 0 Å². The third-order valence-electron chi connectivity index (χ3n) is 3.68. The topological polar surface area (TPSA) is 43.8 Å². The van der Waals surface area contributed by atoms with Crippen LogP contribution in [0.25, 0.3) is 0 Å². The van der Waals surface area contributed by atoms with Crippen LogP contribution in [0.5, 0.6) is 0 Å². The molecule has 0 saturated carbocycles. The van der Waals surface area contributed by atoms with Gasteiger partial charge in [0.1, 0.15) is 17.7 Å². The number of rotatable bonds is 4. The van der Waals surface area contributed by atoms with Crippen LogP contribution in [0, 0.1) is 11.6 Å². The first-order chi connectivity index (χ1) is 9.52. The van der Waals surface area contributed by atoms with E-state index in [1.54, 1.807) is 4.90 Å². The Labute approximate surface area is 116 Å². The van der Waals surface area contributed by atoms with Gasteiger partial charge in [-0.05, 0) is 18.6 Å². The Kier molecular flexibility index (Phi) is 4.54. The molecule has 4 nitrogen and oxygen atoms in total. The summed E-state index contributed by atoms with van der Waals surface area (Å²) in [6, 6.07) is 2.88. The van der Waals surface area contributed by atoms with Crippen molar-refractivity contribution in [3.05, 3.63) is 29.8 Å². The number of piperazine rings is 1. The zero-order valence-electron chi connectivity index (χ0n) is 11.4. The number of aliphatic carboxylic acids is 1. The van der Waals surface area contributed by atoms with Gasteiger partial charge < -0.3 is 10.0 Å². The number of benzene rings is 1. The van der Waals surface area contributed by atoms with Gasteiger partial charge in [-0.15, -0.1) is 0 Å². The van der Waals surface area contributed by atoms with Crippen LogP contribution in [-0.4, -0.2) is 48.2 Å². The molecule has 2 rings (SSSR count). The highest BCUT2D eigenvalue weighted by Crippen LogP contribution is 2.22. The first kappa shape index (κ1) is 14.7. The molecule has 1 aromatic rings. The maximum Gasteiger partial charge on any atom is 0.320 e. The van der Waals surface area contributed by atoms with Gasteiger partial charge in [0.25, 0.3) is 0 Å². The Morgan fingerprint density at radius 3 is 2.50 bits per heavy atom. The van der Waals surface area contributed by atoms with Crippen molar-refractivity contribution >= 4 is 11.7 Å². The van der Waals surface area contributed by atoms with Crippen molar-refractivity contribution < 1.29 is 18.7 Å². The molecule has 0 radical (unpaired) electrons. The molecule has 6 heteroatoms. The molecule has 1 heterocycles. The largest absolute Gasteiger partial charge is 0.480 e. The van der Waals surface area contributed by atoms with Gasteiger partial charge in [0, 0.05) is 32.2 Å². The first-order valence-corrected chi connectivity index (χ1v) is 6.69. The number of carboxylic acids is 1. The monoisotopic (exact) mass is 284 g/mol. The smallest absolute Gasteiger partial charge is 0.320 e. The second-order valence-corrected chi connectivity index (χ2v) is 4.88. The Morgan fingerprint density at radius 1 is 1.30 bits per heavy atom. The van der Waals surface area contributed by atoms with Crippen LogP contribution in [0.4, 0.5) is 14.5 Å². The molecular weight excluding hydrogens is 266 g/mol. The number of nitrogens with zero attached hydrogens (tertiary/aromatic N) is 2. The zero-order chi connectivity index (χ0) is 14.7. The average Bonchev–Trinajstić information content (AvgIpc) is 2.43. The number of carboxylic acid groups (broad SMARTS) is 1. The maximum absolute atomic E-state index is 13.7. The molecule has 20 heavy (non-hydrogen) atoms. The van der Waals surface area contributed by atoms with Crippen molar-refractivity contribution in [2.45, 2.75) is 19.4 Å². The highest BCUT2D eigenvalue weighted by molar-refractivity contribution is 5.73. The molecule has 1 fully saturated rings. The molecular formula is C14H18F2N2O2. The van der Waals surface area contributed by atoms with E-state index in [2.05, 4.69) is 0 Å². The Hall–Kier alpha value is -1.69. The van der Waals surface area contributed by atoms with E-state index >= 15 is 0 Å². The standard InChI is InChI=1S/C14H18F2N2O2/c1-2-12(14(19)20)17-5-7-18(8-6-17)13-9-10(15)3-4-11(13)16/h3-4,9,12H,2,5-8H2,1H3,(H,19,20)/t12-/m0/s1. The van der Waals surface area contributed by atoms with E-state index in [1.165, 1.54) is 6.07 Å². The molecule has 0 unspecified atom stereocenters. The lowest BCUT2D eigenvalue weighted by molar-refractivity contribution is -0.143. The Balaban J connectivity index is 2.04. The second kappa shape index (κ2) is 6.17. The summed E-state index contributed by atoms with van der Waals surface area (Å²) in [5.41, 5.74) is 0.244. The van der Waals surface area contributed by atoms with Crippen LogP contribution in [0.3, 0.4) is 0 Å². The molecule has 0 bridgehead atoms. The molecule has 110 valence electrons. The van der Waals surface area contributed by atoms with Gasteiger partial charge >= 0.3 is 5.97 Å². The van der Waals surface area contributed by atoms with Crippen molar-refractivity contribution in [2.75, 3.05) is 31.1 Å². The number of hydrogen-bond acceptors (Lipinski definition) is 3. The van der Waals surface area contributed by atoms with Crippen molar-refractivity contribution in [1.82, 2.24) is 4.90 Å². The van der Waals surface area contributed by atoms with Crippen LogP contribution in [-0.2, 0) is 4.79 Å². The van der Waals surface area contributed by atoms with Crippen molar-refractivity contribution in [3.63, 3.8) is 0 Å². The van der Waals surface area contributed by atoms with Crippen LogP contribution < -0.4 is 4.90 Å². The van der Waals surface area contributed by atoms with E-state index < -0.39 is 23.6 Å². The Bertz CT molecular complexity index is 488. The van der Waals surface area contributed by atoms with Crippen molar-refractivity contribution in [3.8, 4) is 0 Å². The fourth-order valence-corrected chi connectivity index (χ4v) is 2.59. The van der Waals surface area contributed by atoms with Crippen LogP contribution in [0.1, 0.15) is 13.3 Å². The number of halogens is 2. The quantitative estimate of drug-likeness (QED) is 0.918. The molecule has 0 aliphatic carbocycles. The molecule has 0 spiro atoms. The third-order valence-corrected chi connectivity index (χ3v) is 3.68. The summed E-state index contributed by atoms with van der Waals surface area (Å²) in [4.78, 5) is 14.7. The van der Waals surface area contributed by atoms with Gasteiger partial charge in [-0.2, -0.15) is 0 Å². The van der Waals surface area contributed by atoms with Crippen LogP contribution in [0.15, 0.2) is 18.2 Å². The van der Waals surface area contributed by atoms with E-state index in [9.17, 15) is 13.6 Å². The minimum atomic E-state index is -0.835. The summed E-state index contributed by atoms with van der Waals surface area (Å²) in [5, 5.41) is 9.12. The summed E-state index contributed by atoms with van der Waals surface area (Å²) in [7, 11) is 0. The van der Waals surface area contributed by atoms with E-state index in [0.29, 0.717) is 32.6 Å². The van der Waals surface area contributed by atoms with Crippen molar-refractivity contribution in [1.29, 1.82) is 0 Å². The van der Waals surface area contributed by atoms with Gasteiger partial charge in [0.05, 0.1) is 5.69 Å². The maximum atomic E-state index is 13.7. The van der Waals surface area contributed by atoms with E-state index in [4.69, 9.17) is 5.11 Å². The number of carbonyl (C=O) groups is 1. The molecule has 1 atom stereocenters. The lowest BCUT2D eigenvalue weighted by Gasteiger charge is -2.38. The van der Waals surface area contributed by atoms with E-state index in [1.807, 2.05) is 11.8 Å². The van der Waals surface area contributed by atoms with E-state index in [-0.39, 0.29) is 5.69 Å². The second-order valence-electron chi connectivity index (χ2n) is 4.88. The molecule has 1 aliphatic heterocycles. The third kappa shape index (κ3) is 3.07. The normalized spacial score (nSPS) is 18.1. The minimum Gasteiger partial charge on any atom is -0.480 e. The summed E-state index contributed by atoms with van der Waals surface area (Å²) in [5.74, 6) is -1.76. The fourth-order valence-electron chi connectivity index (χ4n) is 2.59.